The van der Waals surface area contributed by atoms with E-state index < -0.39 is 53.1 Å². The molecule has 1 fully saturated rings. The molecule has 0 spiro atoms. The first kappa shape index (κ1) is 20.4. The number of carbonyl (C=O) groups excluding carboxylic acids is 3. The first-order chi connectivity index (χ1) is 13.8. The first-order valence-electron chi connectivity index (χ1n) is 8.93. The Balaban J connectivity index is 1.81. The molecule has 0 aliphatic carbocycles. The van der Waals surface area contributed by atoms with Gasteiger partial charge in [0.05, 0.1) is 5.69 Å². The minimum Gasteiger partial charge on any atom is -0.322 e. The highest BCUT2D eigenvalue weighted by molar-refractivity contribution is 6.10. The molecule has 0 saturated carbocycles. The summed E-state index contributed by atoms with van der Waals surface area (Å²) in [5, 5.41) is 4.71. The number of rotatable bonds is 6. The van der Waals surface area contributed by atoms with Gasteiger partial charge >= 0.3 is 6.03 Å². The summed E-state index contributed by atoms with van der Waals surface area (Å²) in [6.07, 6.45) is 0.901. The van der Waals surface area contributed by atoms with Gasteiger partial charge in [0.25, 0.3) is 5.91 Å². The number of hydrogen-bond acceptors (Lipinski definition) is 3. The second kappa shape index (κ2) is 7.94. The molecule has 2 aromatic rings. The van der Waals surface area contributed by atoms with E-state index in [1.165, 1.54) is 0 Å². The van der Waals surface area contributed by atoms with Crippen molar-refractivity contribution in [3.05, 3.63) is 65.5 Å². The molecule has 1 aliphatic heterocycles. The second-order valence-corrected chi connectivity index (χ2v) is 6.61. The number of hydrogen-bond donors (Lipinski definition) is 2. The molecule has 29 heavy (non-hydrogen) atoms. The number of nitrogens with one attached hydrogen (secondary N) is 2. The molecule has 152 valence electrons. The van der Waals surface area contributed by atoms with Crippen molar-refractivity contribution in [2.24, 2.45) is 0 Å². The summed E-state index contributed by atoms with van der Waals surface area (Å²) < 4.78 is 40.1. The van der Waals surface area contributed by atoms with Crippen LogP contribution in [0.5, 0.6) is 0 Å². The summed E-state index contributed by atoms with van der Waals surface area (Å²) in [5.74, 6) is -6.25. The molecule has 1 unspecified atom stereocenters. The summed E-state index contributed by atoms with van der Waals surface area (Å²) >= 11 is 0. The topological polar surface area (TPSA) is 78.5 Å². The van der Waals surface area contributed by atoms with Crippen LogP contribution >= 0.6 is 0 Å². The van der Waals surface area contributed by atoms with E-state index in [0.29, 0.717) is 24.5 Å². The number of amides is 4. The Kier molecular flexibility index (Phi) is 5.58. The first-order valence-corrected chi connectivity index (χ1v) is 8.93. The maximum Gasteiger partial charge on any atom is 0.325 e. The van der Waals surface area contributed by atoms with Gasteiger partial charge < -0.3 is 10.6 Å². The Morgan fingerprint density at radius 1 is 1.07 bits per heavy atom. The van der Waals surface area contributed by atoms with E-state index in [1.807, 2.05) is 6.92 Å². The molecule has 6 nitrogen and oxygen atoms in total. The van der Waals surface area contributed by atoms with Crippen molar-refractivity contribution in [2.45, 2.75) is 25.3 Å². The molecule has 0 bridgehead atoms. The molecule has 1 saturated heterocycles. The molecule has 4 amide bonds. The minimum atomic E-state index is -1.73. The van der Waals surface area contributed by atoms with Crippen molar-refractivity contribution in [3.63, 3.8) is 0 Å². The fourth-order valence-electron chi connectivity index (χ4n) is 3.33. The van der Waals surface area contributed by atoms with Crippen LogP contribution in [0.1, 0.15) is 25.3 Å². The largest absolute Gasteiger partial charge is 0.325 e. The Morgan fingerprint density at radius 3 is 2.41 bits per heavy atom. The fourth-order valence-corrected chi connectivity index (χ4v) is 3.33. The van der Waals surface area contributed by atoms with Crippen LogP contribution in [0, 0.1) is 17.5 Å². The number of imide groups is 1. The molecular formula is C20H18F3N3O3. The van der Waals surface area contributed by atoms with Crippen LogP contribution in [0.4, 0.5) is 23.7 Å². The Labute approximate surface area is 164 Å². The highest BCUT2D eigenvalue weighted by atomic mass is 19.2. The van der Waals surface area contributed by atoms with Gasteiger partial charge in [-0.1, -0.05) is 43.7 Å². The Hall–Kier alpha value is -3.36. The van der Waals surface area contributed by atoms with E-state index in [-0.39, 0.29) is 0 Å². The average Bonchev–Trinajstić information content (AvgIpc) is 2.94. The SMILES string of the molecule is CCCC1(c2ccccc2)NC(=O)N(CC(=O)Nc2ccc(F)c(F)c2F)C1=O. The van der Waals surface area contributed by atoms with Crippen LogP contribution in [0.3, 0.4) is 0 Å². The van der Waals surface area contributed by atoms with Crippen molar-refractivity contribution in [1.29, 1.82) is 0 Å². The number of carbonyl (C=O) groups is 3. The zero-order chi connectivity index (χ0) is 21.2. The van der Waals surface area contributed by atoms with E-state index in [1.54, 1.807) is 30.3 Å². The van der Waals surface area contributed by atoms with E-state index in [0.717, 1.165) is 11.0 Å². The van der Waals surface area contributed by atoms with Crippen molar-refractivity contribution >= 4 is 23.5 Å². The third-order valence-corrected chi connectivity index (χ3v) is 4.68. The number of urea groups is 1. The summed E-state index contributed by atoms with van der Waals surface area (Å²) in [4.78, 5) is 38.5. The van der Waals surface area contributed by atoms with Crippen molar-refractivity contribution in [1.82, 2.24) is 10.2 Å². The molecule has 0 aromatic heterocycles. The normalized spacial score (nSPS) is 18.7. The van der Waals surface area contributed by atoms with E-state index in [2.05, 4.69) is 10.6 Å². The average molecular weight is 405 g/mol. The van der Waals surface area contributed by atoms with Crippen LogP contribution in [-0.2, 0) is 15.1 Å². The monoisotopic (exact) mass is 405 g/mol. The third kappa shape index (κ3) is 3.67. The zero-order valence-corrected chi connectivity index (χ0v) is 15.5. The van der Waals surface area contributed by atoms with Gasteiger partial charge in [-0.3, -0.25) is 14.5 Å². The third-order valence-electron chi connectivity index (χ3n) is 4.68. The zero-order valence-electron chi connectivity index (χ0n) is 15.5. The molecule has 2 aromatic carbocycles. The molecule has 9 heteroatoms. The van der Waals surface area contributed by atoms with E-state index in [4.69, 9.17) is 0 Å². The predicted octanol–water partition coefficient (Wildman–Crippen LogP) is 3.29. The number of nitrogens with zero attached hydrogens (tertiary/aromatic N) is 1. The molecule has 1 aliphatic rings. The standard InChI is InChI=1S/C20H18F3N3O3/c1-2-10-20(12-6-4-3-5-7-12)18(28)26(19(29)25-20)11-15(27)24-14-9-8-13(21)16(22)17(14)23/h3-9H,2,10-11H2,1H3,(H,24,27)(H,25,29). The van der Waals surface area contributed by atoms with Gasteiger partial charge in [-0.05, 0) is 24.1 Å². The van der Waals surface area contributed by atoms with Crippen LogP contribution in [0.15, 0.2) is 42.5 Å². The van der Waals surface area contributed by atoms with Crippen LogP contribution in [0.25, 0.3) is 0 Å². The summed E-state index contributed by atoms with van der Waals surface area (Å²) in [5.41, 5.74) is -1.32. The van der Waals surface area contributed by atoms with Gasteiger partial charge in [-0.2, -0.15) is 0 Å². The quantitative estimate of drug-likeness (QED) is 0.572. The van der Waals surface area contributed by atoms with Crippen molar-refractivity contribution in [3.8, 4) is 0 Å². The Bertz CT molecular complexity index is 968. The predicted molar refractivity (Wildman–Crippen MR) is 98.2 cm³/mol. The van der Waals surface area contributed by atoms with Gasteiger partial charge in [0.2, 0.25) is 5.91 Å². The number of halogens is 3. The molecule has 1 heterocycles. The van der Waals surface area contributed by atoms with Gasteiger partial charge in [0, 0.05) is 0 Å². The molecular weight excluding hydrogens is 387 g/mol. The van der Waals surface area contributed by atoms with Gasteiger partial charge in [0.1, 0.15) is 12.1 Å². The van der Waals surface area contributed by atoms with Crippen molar-refractivity contribution < 1.29 is 27.6 Å². The number of anilines is 1. The molecule has 2 N–H and O–H groups in total. The molecule has 3 rings (SSSR count). The number of benzene rings is 2. The summed E-state index contributed by atoms with van der Waals surface area (Å²) in [6, 6.07) is 9.37. The van der Waals surface area contributed by atoms with Gasteiger partial charge in [-0.25, -0.2) is 18.0 Å². The lowest BCUT2D eigenvalue weighted by Crippen LogP contribution is -2.44. The van der Waals surface area contributed by atoms with E-state index in [9.17, 15) is 27.6 Å². The lowest BCUT2D eigenvalue weighted by molar-refractivity contribution is -0.134. The fraction of sp³-hybridized carbons (Fsp3) is 0.250. The lowest BCUT2D eigenvalue weighted by Gasteiger charge is -2.26. The minimum absolute atomic E-state index is 0.317. The van der Waals surface area contributed by atoms with Gasteiger partial charge in [0.15, 0.2) is 17.5 Å². The van der Waals surface area contributed by atoms with Crippen LogP contribution in [-0.4, -0.2) is 29.3 Å². The summed E-state index contributed by atoms with van der Waals surface area (Å²) in [7, 11) is 0. The Morgan fingerprint density at radius 2 is 1.76 bits per heavy atom. The second-order valence-electron chi connectivity index (χ2n) is 6.61. The van der Waals surface area contributed by atoms with E-state index >= 15 is 0 Å². The maximum atomic E-state index is 13.7. The highest BCUT2D eigenvalue weighted by Gasteiger charge is 2.52. The van der Waals surface area contributed by atoms with Gasteiger partial charge in [-0.15, -0.1) is 0 Å². The lowest BCUT2D eigenvalue weighted by atomic mass is 9.85. The smallest absolute Gasteiger partial charge is 0.322 e. The molecule has 1 atom stereocenters. The summed E-state index contributed by atoms with van der Waals surface area (Å²) in [6.45, 7) is 1.15. The van der Waals surface area contributed by atoms with Crippen molar-refractivity contribution in [2.75, 3.05) is 11.9 Å². The molecule has 0 radical (unpaired) electrons. The van der Waals surface area contributed by atoms with Crippen LogP contribution in [0.2, 0.25) is 0 Å². The highest BCUT2D eigenvalue weighted by Crippen LogP contribution is 2.33. The van der Waals surface area contributed by atoms with Crippen LogP contribution < -0.4 is 10.6 Å². The maximum absolute atomic E-state index is 13.7.